The van der Waals surface area contributed by atoms with Crippen molar-refractivity contribution in [3.63, 3.8) is 0 Å². The molecule has 5 heterocycles. The van der Waals surface area contributed by atoms with Gasteiger partial charge in [0, 0.05) is 68.8 Å². The van der Waals surface area contributed by atoms with Gasteiger partial charge in [0.25, 0.3) is 0 Å². The van der Waals surface area contributed by atoms with Crippen molar-refractivity contribution in [1.82, 2.24) is 15.0 Å². The number of allylic oxidation sites excluding steroid dienone is 1. The van der Waals surface area contributed by atoms with Gasteiger partial charge in [-0.25, -0.2) is 0 Å². The summed E-state index contributed by atoms with van der Waals surface area (Å²) in [6.45, 7) is 13.1. The van der Waals surface area contributed by atoms with Gasteiger partial charge in [-0.15, -0.1) is 0 Å². The molecule has 0 fully saturated rings. The van der Waals surface area contributed by atoms with Crippen LogP contribution in [0.3, 0.4) is 0 Å². The van der Waals surface area contributed by atoms with Gasteiger partial charge >= 0.3 is 0 Å². The Bertz CT molecular complexity index is 1900. The van der Waals surface area contributed by atoms with E-state index >= 15 is 0 Å². The number of rotatable bonds is 8. The predicted molar refractivity (Wildman–Crippen MR) is 179 cm³/mol. The van der Waals surface area contributed by atoms with E-state index in [0.29, 0.717) is 19.3 Å². The smallest absolute Gasteiger partial charge is 0.0705 e. The molecule has 3 aromatic heterocycles. The Hall–Kier alpha value is -3.78. The van der Waals surface area contributed by atoms with Crippen molar-refractivity contribution in [3.8, 4) is 11.3 Å². The molecule has 2 aliphatic rings. The number of anilines is 1. The molecule has 8 bridgehead atoms. The van der Waals surface area contributed by atoms with E-state index in [1.54, 1.807) is 0 Å². The Morgan fingerprint density at radius 2 is 1.57 bits per heavy atom. The molecule has 6 rings (SSSR count). The minimum atomic E-state index is -0.190. The number of aromatic nitrogens is 3. The highest BCUT2D eigenvalue weighted by Crippen LogP contribution is 2.51. The van der Waals surface area contributed by atoms with Crippen molar-refractivity contribution in [1.29, 1.82) is 0 Å². The lowest BCUT2D eigenvalue weighted by molar-refractivity contribution is 0.280. The van der Waals surface area contributed by atoms with Gasteiger partial charge in [0.05, 0.1) is 18.0 Å². The lowest BCUT2D eigenvalue weighted by Crippen LogP contribution is -2.21. The predicted octanol–water partition coefficient (Wildman–Crippen LogP) is 5.10. The summed E-state index contributed by atoms with van der Waals surface area (Å²) in [7, 11) is 0. The SMILES string of the molecule is CCc1c2[nH]c(c1C)C=C1Nc3c(cccc3C1(C)CC)-c1[nH]c(c(CCCO)c1C)C(CCO)=c1[nH]c(c(C)c1CO)=C2. The van der Waals surface area contributed by atoms with Crippen LogP contribution in [-0.2, 0) is 24.9 Å². The van der Waals surface area contributed by atoms with Crippen LogP contribution in [0.4, 0.5) is 5.69 Å². The zero-order chi connectivity index (χ0) is 31.3. The fourth-order valence-corrected chi connectivity index (χ4v) is 7.51. The number of aliphatic hydroxyl groups is 3. The number of H-pyrrole nitrogens is 3. The third-order valence-electron chi connectivity index (χ3n) is 10.4. The first-order valence-corrected chi connectivity index (χ1v) is 16.0. The normalized spacial score (nSPS) is 17.1. The summed E-state index contributed by atoms with van der Waals surface area (Å²) in [5, 5.41) is 36.5. The van der Waals surface area contributed by atoms with Crippen LogP contribution >= 0.6 is 0 Å². The van der Waals surface area contributed by atoms with Crippen LogP contribution in [0.5, 0.6) is 0 Å². The van der Waals surface area contributed by atoms with E-state index in [-0.39, 0.29) is 25.2 Å². The van der Waals surface area contributed by atoms with Crippen molar-refractivity contribution >= 4 is 23.4 Å². The molecule has 44 heavy (non-hydrogen) atoms. The molecule has 232 valence electrons. The summed E-state index contributed by atoms with van der Waals surface area (Å²) < 4.78 is 0. The Morgan fingerprint density at radius 1 is 0.773 bits per heavy atom. The summed E-state index contributed by atoms with van der Waals surface area (Å²) >= 11 is 0. The maximum absolute atomic E-state index is 10.7. The second-order valence-corrected chi connectivity index (χ2v) is 12.6. The topological polar surface area (TPSA) is 120 Å². The number of fused-ring (bicyclic) bond motifs is 8. The van der Waals surface area contributed by atoms with Crippen molar-refractivity contribution in [2.24, 2.45) is 0 Å². The molecule has 1 aromatic carbocycles. The summed E-state index contributed by atoms with van der Waals surface area (Å²) in [5.74, 6) is 0. The maximum atomic E-state index is 10.7. The van der Waals surface area contributed by atoms with Gasteiger partial charge < -0.3 is 35.6 Å². The molecule has 1 atom stereocenters. The third kappa shape index (κ3) is 4.52. The number of nitrogens with one attached hydrogen (secondary N) is 4. The third-order valence-corrected chi connectivity index (χ3v) is 10.4. The van der Waals surface area contributed by atoms with Gasteiger partial charge in [0.1, 0.15) is 0 Å². The molecule has 0 aliphatic carbocycles. The number of aliphatic hydroxyl groups excluding tert-OH is 3. The minimum absolute atomic E-state index is 0.0331. The van der Waals surface area contributed by atoms with Crippen LogP contribution in [0.1, 0.15) is 96.1 Å². The standard InChI is InChI=1S/C37H46N4O3/c1-7-23-20(3)30-18-32-37(6,8-2)28-13-9-11-25(36(28)40-32)33-22(5)24(12-10-15-42)34(41-33)26(14-16-43)35-27(19-44)21(4)29(39-35)17-31(23)38-30/h9,11,13,17-18,38-44H,7-8,10,12,14-16,19H2,1-6H3. The first-order chi connectivity index (χ1) is 21.2. The summed E-state index contributed by atoms with van der Waals surface area (Å²) in [6, 6.07) is 6.57. The number of para-hydroxylation sites is 1. The van der Waals surface area contributed by atoms with E-state index < -0.39 is 0 Å². The fraction of sp³-hybridized carbons (Fsp3) is 0.405. The lowest BCUT2D eigenvalue weighted by atomic mass is 9.78. The highest BCUT2D eigenvalue weighted by molar-refractivity contribution is 5.89. The molecule has 0 saturated carbocycles. The van der Waals surface area contributed by atoms with Gasteiger partial charge in [-0.3, -0.25) is 0 Å². The second kappa shape index (κ2) is 11.6. The number of aromatic amines is 3. The zero-order valence-corrected chi connectivity index (χ0v) is 26.9. The monoisotopic (exact) mass is 594 g/mol. The highest BCUT2D eigenvalue weighted by Gasteiger charge is 2.39. The minimum Gasteiger partial charge on any atom is -0.396 e. The van der Waals surface area contributed by atoms with Gasteiger partial charge in [0.2, 0.25) is 0 Å². The molecular formula is C37H46N4O3. The first-order valence-electron chi connectivity index (χ1n) is 16.0. The molecule has 0 saturated heterocycles. The number of hydrogen-bond donors (Lipinski definition) is 7. The first kappa shape index (κ1) is 30.3. The maximum Gasteiger partial charge on any atom is 0.0705 e. The van der Waals surface area contributed by atoms with Crippen LogP contribution in [0.25, 0.3) is 29.0 Å². The zero-order valence-electron chi connectivity index (χ0n) is 26.9. The average Bonchev–Trinajstić information content (AvgIpc) is 3.70. The summed E-state index contributed by atoms with van der Waals surface area (Å²) in [4.78, 5) is 11.2. The van der Waals surface area contributed by atoms with Crippen LogP contribution in [0.15, 0.2) is 23.9 Å². The van der Waals surface area contributed by atoms with Gasteiger partial charge in [-0.2, -0.15) is 0 Å². The van der Waals surface area contributed by atoms with Gasteiger partial charge in [-0.05, 0) is 105 Å². The number of benzene rings is 1. The van der Waals surface area contributed by atoms with E-state index in [9.17, 15) is 15.3 Å². The summed E-state index contributed by atoms with van der Waals surface area (Å²) in [6.07, 6.45) is 8.04. The van der Waals surface area contributed by atoms with E-state index in [4.69, 9.17) is 0 Å². The van der Waals surface area contributed by atoms with E-state index in [1.165, 1.54) is 22.4 Å². The van der Waals surface area contributed by atoms with Crippen molar-refractivity contribution in [2.45, 2.75) is 85.7 Å². The molecule has 7 N–H and O–H groups in total. The van der Waals surface area contributed by atoms with Crippen molar-refractivity contribution in [3.05, 3.63) is 90.6 Å². The van der Waals surface area contributed by atoms with Crippen LogP contribution in [-0.4, -0.2) is 43.5 Å². The van der Waals surface area contributed by atoms with Gasteiger partial charge in [-0.1, -0.05) is 32.0 Å². The molecule has 7 heteroatoms. The fourth-order valence-electron chi connectivity index (χ4n) is 7.51. The van der Waals surface area contributed by atoms with E-state index in [0.717, 1.165) is 85.4 Å². The van der Waals surface area contributed by atoms with Crippen molar-refractivity contribution < 1.29 is 15.3 Å². The lowest BCUT2D eigenvalue weighted by Gasteiger charge is -2.24. The van der Waals surface area contributed by atoms with E-state index in [1.807, 2.05) is 6.92 Å². The second-order valence-electron chi connectivity index (χ2n) is 12.6. The van der Waals surface area contributed by atoms with Crippen LogP contribution < -0.4 is 16.0 Å². The Kier molecular flexibility index (Phi) is 7.99. The molecule has 4 aromatic rings. The molecule has 0 amide bonds. The van der Waals surface area contributed by atoms with Crippen molar-refractivity contribution in [2.75, 3.05) is 18.5 Å². The van der Waals surface area contributed by atoms with Crippen LogP contribution in [0, 0.1) is 20.8 Å². The average molecular weight is 595 g/mol. The molecule has 0 radical (unpaired) electrons. The largest absolute Gasteiger partial charge is 0.396 e. The Labute approximate surface area is 259 Å². The summed E-state index contributed by atoms with van der Waals surface area (Å²) in [5.41, 5.74) is 16.2. The molecule has 0 spiro atoms. The molecular weight excluding hydrogens is 548 g/mol. The quantitative estimate of drug-likeness (QED) is 0.154. The Balaban J connectivity index is 1.80. The molecule has 2 aliphatic heterocycles. The Morgan fingerprint density at radius 3 is 2.25 bits per heavy atom. The van der Waals surface area contributed by atoms with Gasteiger partial charge in [0.15, 0.2) is 0 Å². The van der Waals surface area contributed by atoms with Crippen LogP contribution in [0.2, 0.25) is 0 Å². The van der Waals surface area contributed by atoms with E-state index in [2.05, 4.69) is 85.2 Å². The highest BCUT2D eigenvalue weighted by atomic mass is 16.3. The number of hydrogen-bond acceptors (Lipinski definition) is 4. The molecule has 1 unspecified atom stereocenters. The molecule has 7 nitrogen and oxygen atoms in total.